The first kappa shape index (κ1) is 11.2. The van der Waals surface area contributed by atoms with Crippen LogP contribution in [0.2, 0.25) is 0 Å². The Balaban J connectivity index is 3.04. The maximum atomic E-state index is 5.31. The molecule has 0 amide bonds. The summed E-state index contributed by atoms with van der Waals surface area (Å²) in [6.45, 7) is 7.17. The molecule has 0 rings (SSSR count). The molecule has 1 nitrogen and oxygen atoms in total. The van der Waals surface area contributed by atoms with Gasteiger partial charge < -0.3 is 4.74 Å². The molecule has 0 heterocycles. The maximum Gasteiger partial charge on any atom is 0.0650 e. The summed E-state index contributed by atoms with van der Waals surface area (Å²) in [5.41, 5.74) is 0. The van der Waals surface area contributed by atoms with Crippen molar-refractivity contribution >= 4 is 0 Å². The molecule has 0 unspecified atom stereocenters. The molecule has 0 radical (unpaired) electrons. The quantitative estimate of drug-likeness (QED) is 0.321. The minimum atomic E-state index is 0.710. The summed E-state index contributed by atoms with van der Waals surface area (Å²) in [5.74, 6) is 0. The van der Waals surface area contributed by atoms with E-state index >= 15 is 0 Å². The van der Waals surface area contributed by atoms with Gasteiger partial charge in [0.1, 0.15) is 0 Å². The summed E-state index contributed by atoms with van der Waals surface area (Å²) in [6.07, 6.45) is 12.0. The van der Waals surface area contributed by atoms with Crippen LogP contribution in [0.25, 0.3) is 0 Å². The van der Waals surface area contributed by atoms with Crippen molar-refractivity contribution in [1.82, 2.24) is 0 Å². The molecule has 0 spiro atoms. The highest BCUT2D eigenvalue weighted by atomic mass is 16.5. The van der Waals surface area contributed by atoms with E-state index in [-0.39, 0.29) is 0 Å². The second-order valence-electron chi connectivity index (χ2n) is 2.46. The average molecular weight is 166 g/mol. The predicted molar refractivity (Wildman–Crippen MR) is 54.2 cm³/mol. The maximum absolute atomic E-state index is 5.31. The van der Waals surface area contributed by atoms with E-state index in [1.807, 2.05) is 37.3 Å². The van der Waals surface area contributed by atoms with Crippen LogP contribution in [0.1, 0.15) is 19.8 Å². The fourth-order valence-corrected chi connectivity index (χ4v) is 0.726. The van der Waals surface area contributed by atoms with Crippen LogP contribution >= 0.6 is 0 Å². The van der Waals surface area contributed by atoms with Crippen molar-refractivity contribution in [1.29, 1.82) is 0 Å². The molecule has 0 aliphatic rings. The van der Waals surface area contributed by atoms with Gasteiger partial charge in [-0.2, -0.15) is 0 Å². The highest BCUT2D eigenvalue weighted by molar-refractivity contribution is 5.00. The van der Waals surface area contributed by atoms with Crippen molar-refractivity contribution < 1.29 is 4.74 Å². The van der Waals surface area contributed by atoms with Crippen molar-refractivity contribution in [3.8, 4) is 0 Å². The van der Waals surface area contributed by atoms with Gasteiger partial charge in [-0.15, -0.1) is 6.58 Å². The van der Waals surface area contributed by atoms with Crippen LogP contribution in [-0.2, 0) is 4.74 Å². The van der Waals surface area contributed by atoms with Crippen LogP contribution in [0.3, 0.4) is 0 Å². The second-order valence-corrected chi connectivity index (χ2v) is 2.46. The van der Waals surface area contributed by atoms with E-state index in [1.54, 1.807) is 0 Å². The molecule has 0 aliphatic carbocycles. The Bertz CT molecular complexity index is 145. The van der Waals surface area contributed by atoms with Crippen LogP contribution in [-0.4, -0.2) is 13.2 Å². The summed E-state index contributed by atoms with van der Waals surface area (Å²) >= 11 is 0. The SMILES string of the molecule is C=CCCCOC/C=C/C=C/C. The Morgan fingerprint density at radius 1 is 1.33 bits per heavy atom. The van der Waals surface area contributed by atoms with E-state index in [0.717, 1.165) is 19.4 Å². The van der Waals surface area contributed by atoms with E-state index in [9.17, 15) is 0 Å². The van der Waals surface area contributed by atoms with E-state index < -0.39 is 0 Å². The Labute approximate surface area is 75.4 Å². The van der Waals surface area contributed by atoms with Crippen molar-refractivity contribution in [2.24, 2.45) is 0 Å². The minimum absolute atomic E-state index is 0.710. The lowest BCUT2D eigenvalue weighted by Gasteiger charge is -1.97. The van der Waals surface area contributed by atoms with Gasteiger partial charge in [0, 0.05) is 6.61 Å². The van der Waals surface area contributed by atoms with Gasteiger partial charge in [0.25, 0.3) is 0 Å². The molecule has 0 aliphatic heterocycles. The van der Waals surface area contributed by atoms with Crippen molar-refractivity contribution in [2.45, 2.75) is 19.8 Å². The number of hydrogen-bond acceptors (Lipinski definition) is 1. The molecule has 0 aromatic heterocycles. The first-order valence-electron chi connectivity index (χ1n) is 4.38. The van der Waals surface area contributed by atoms with Crippen LogP contribution in [0.4, 0.5) is 0 Å². The number of hydrogen-bond donors (Lipinski definition) is 0. The van der Waals surface area contributed by atoms with E-state index in [4.69, 9.17) is 4.74 Å². The lowest BCUT2D eigenvalue weighted by atomic mass is 10.3. The molecule has 0 aromatic carbocycles. The third-order valence-corrected chi connectivity index (χ3v) is 1.35. The van der Waals surface area contributed by atoms with E-state index in [1.165, 1.54) is 0 Å². The first-order valence-corrected chi connectivity index (χ1v) is 4.38. The van der Waals surface area contributed by atoms with Crippen molar-refractivity contribution in [2.75, 3.05) is 13.2 Å². The highest BCUT2D eigenvalue weighted by Gasteiger charge is 1.82. The Hall–Kier alpha value is -0.820. The Morgan fingerprint density at radius 2 is 2.17 bits per heavy atom. The standard InChI is InChI=1S/C11H18O/c1-3-5-7-9-11-12-10-8-6-4-2/h3-5,7,9H,2,6,8,10-11H2,1H3/b5-3+,9-7+. The van der Waals surface area contributed by atoms with Gasteiger partial charge in [-0.1, -0.05) is 30.4 Å². The van der Waals surface area contributed by atoms with Gasteiger partial charge in [0.2, 0.25) is 0 Å². The average Bonchev–Trinajstić information content (AvgIpc) is 2.10. The predicted octanol–water partition coefficient (Wildman–Crippen LogP) is 3.10. The summed E-state index contributed by atoms with van der Waals surface area (Å²) in [5, 5.41) is 0. The smallest absolute Gasteiger partial charge is 0.0650 e. The molecular formula is C11H18O. The van der Waals surface area contributed by atoms with E-state index in [2.05, 4.69) is 6.58 Å². The molecule has 0 saturated heterocycles. The number of ether oxygens (including phenoxy) is 1. The molecule has 12 heavy (non-hydrogen) atoms. The first-order chi connectivity index (χ1) is 5.91. The molecule has 0 atom stereocenters. The van der Waals surface area contributed by atoms with Crippen LogP contribution in [0, 0.1) is 0 Å². The number of unbranched alkanes of at least 4 members (excludes halogenated alkanes) is 1. The molecule has 1 heteroatoms. The zero-order valence-electron chi connectivity index (χ0n) is 7.83. The molecule has 0 saturated carbocycles. The Kier molecular flexibility index (Phi) is 9.48. The molecule has 0 aromatic rings. The van der Waals surface area contributed by atoms with Crippen molar-refractivity contribution in [3.63, 3.8) is 0 Å². The lowest BCUT2D eigenvalue weighted by Crippen LogP contribution is -1.92. The lowest BCUT2D eigenvalue weighted by molar-refractivity contribution is 0.160. The molecule has 0 bridgehead atoms. The second kappa shape index (κ2) is 10.2. The third-order valence-electron chi connectivity index (χ3n) is 1.35. The Morgan fingerprint density at radius 3 is 2.83 bits per heavy atom. The van der Waals surface area contributed by atoms with Crippen LogP contribution in [0.15, 0.2) is 37.0 Å². The largest absolute Gasteiger partial charge is 0.377 e. The fraction of sp³-hybridized carbons (Fsp3) is 0.455. The monoisotopic (exact) mass is 166 g/mol. The zero-order chi connectivity index (χ0) is 9.07. The molecular weight excluding hydrogens is 148 g/mol. The third kappa shape index (κ3) is 9.18. The molecule has 68 valence electrons. The van der Waals surface area contributed by atoms with Gasteiger partial charge >= 0.3 is 0 Å². The van der Waals surface area contributed by atoms with Crippen LogP contribution < -0.4 is 0 Å². The van der Waals surface area contributed by atoms with Gasteiger partial charge in [0.05, 0.1) is 6.61 Å². The van der Waals surface area contributed by atoms with Gasteiger partial charge in [-0.3, -0.25) is 0 Å². The van der Waals surface area contributed by atoms with Crippen molar-refractivity contribution in [3.05, 3.63) is 37.0 Å². The van der Waals surface area contributed by atoms with Crippen LogP contribution in [0.5, 0.6) is 0 Å². The van der Waals surface area contributed by atoms with E-state index in [0.29, 0.717) is 6.61 Å². The fourth-order valence-electron chi connectivity index (χ4n) is 0.726. The number of allylic oxidation sites excluding steroid dienone is 4. The molecule has 0 fully saturated rings. The summed E-state index contributed by atoms with van der Waals surface area (Å²) in [4.78, 5) is 0. The minimum Gasteiger partial charge on any atom is -0.377 e. The van der Waals surface area contributed by atoms with Gasteiger partial charge in [0.15, 0.2) is 0 Å². The summed E-state index contributed by atoms with van der Waals surface area (Å²) in [6, 6.07) is 0. The number of rotatable bonds is 7. The topological polar surface area (TPSA) is 9.23 Å². The summed E-state index contributed by atoms with van der Waals surface area (Å²) in [7, 11) is 0. The summed E-state index contributed by atoms with van der Waals surface area (Å²) < 4.78 is 5.31. The zero-order valence-corrected chi connectivity index (χ0v) is 7.83. The normalized spacial score (nSPS) is 11.4. The molecule has 0 N–H and O–H groups in total. The van der Waals surface area contributed by atoms with Gasteiger partial charge in [-0.25, -0.2) is 0 Å². The van der Waals surface area contributed by atoms with Gasteiger partial charge in [-0.05, 0) is 19.8 Å². The highest BCUT2D eigenvalue weighted by Crippen LogP contribution is 1.90.